The Morgan fingerprint density at radius 2 is 1.55 bits per heavy atom. The minimum absolute atomic E-state index is 0.366. The first-order chi connectivity index (χ1) is 14.2. The van der Waals surface area contributed by atoms with Gasteiger partial charge in [-0.05, 0) is 23.7 Å². The Labute approximate surface area is 187 Å². The molecule has 29 heavy (non-hydrogen) atoms. The number of aryl methyl sites for hydroxylation is 1. The van der Waals surface area contributed by atoms with Gasteiger partial charge in [0.15, 0.2) is 0 Å². The van der Waals surface area contributed by atoms with Gasteiger partial charge in [0.1, 0.15) is 0 Å². The minimum atomic E-state index is -0.366. The van der Waals surface area contributed by atoms with E-state index in [0.717, 1.165) is 23.7 Å². The summed E-state index contributed by atoms with van der Waals surface area (Å²) in [6, 6.07) is 11.9. The van der Waals surface area contributed by atoms with Crippen molar-refractivity contribution in [2.75, 3.05) is 13.3 Å². The van der Waals surface area contributed by atoms with Crippen LogP contribution < -0.4 is 5.30 Å². The molecule has 0 spiro atoms. The van der Waals surface area contributed by atoms with E-state index >= 15 is 0 Å². The van der Waals surface area contributed by atoms with Gasteiger partial charge in [-0.1, -0.05) is 12.1 Å². The van der Waals surface area contributed by atoms with Crippen LogP contribution in [0.2, 0.25) is 0 Å². The van der Waals surface area contributed by atoms with Crippen molar-refractivity contribution in [3.63, 3.8) is 0 Å². The van der Waals surface area contributed by atoms with Crippen molar-refractivity contribution in [2.45, 2.75) is 70.6 Å². The van der Waals surface area contributed by atoms with E-state index in [1.165, 1.54) is 47.3 Å². The quantitative estimate of drug-likeness (QED) is 0.221. The zero-order chi connectivity index (χ0) is 19.8. The second-order valence-corrected chi connectivity index (χ2v) is 17.1. The molecule has 1 saturated heterocycles. The number of benzene rings is 2. The van der Waals surface area contributed by atoms with E-state index in [9.17, 15) is 0 Å². The summed E-state index contributed by atoms with van der Waals surface area (Å²) in [6.45, 7) is 2.30. The molecule has 1 unspecified atom stereocenters. The van der Waals surface area contributed by atoms with Crippen molar-refractivity contribution in [1.29, 1.82) is 0 Å². The molecule has 2 aliphatic carbocycles. The molecule has 0 bridgehead atoms. The van der Waals surface area contributed by atoms with Gasteiger partial charge in [0, 0.05) is 0 Å². The van der Waals surface area contributed by atoms with Crippen molar-refractivity contribution in [3.8, 4) is 0 Å². The van der Waals surface area contributed by atoms with E-state index in [1.807, 2.05) is 0 Å². The molecule has 158 valence electrons. The maximum absolute atomic E-state index is 2.84. The fourth-order valence-corrected chi connectivity index (χ4v) is 12.0. The van der Waals surface area contributed by atoms with Gasteiger partial charge in [-0.2, -0.15) is 0 Å². The Balaban J connectivity index is 1.17. The summed E-state index contributed by atoms with van der Waals surface area (Å²) in [4.78, 5) is 0. The maximum atomic E-state index is 2.84. The average molecular weight is 520 g/mol. The van der Waals surface area contributed by atoms with Crippen molar-refractivity contribution in [3.05, 3.63) is 41.5 Å². The minimum Gasteiger partial charge on any atom is -0.106 e. The number of rotatable bonds is 4. The predicted octanol–water partition coefficient (Wildman–Crippen LogP) is 7.64. The Kier molecular flexibility index (Phi) is 6.55. The summed E-state index contributed by atoms with van der Waals surface area (Å²) < 4.78 is 5.12. The molecule has 0 N–H and O–H groups in total. The van der Waals surface area contributed by atoms with Gasteiger partial charge in [0.2, 0.25) is 0 Å². The predicted molar refractivity (Wildman–Crippen MR) is 141 cm³/mol. The van der Waals surface area contributed by atoms with Gasteiger partial charge in [0.05, 0.1) is 0 Å². The molecule has 5 rings (SSSR count). The van der Waals surface area contributed by atoms with Gasteiger partial charge < -0.3 is 0 Å². The van der Waals surface area contributed by atoms with Gasteiger partial charge >= 0.3 is 143 Å². The zero-order valence-corrected chi connectivity index (χ0v) is 21.4. The summed E-state index contributed by atoms with van der Waals surface area (Å²) in [6.07, 6.45) is 13.7. The molecule has 0 nitrogen and oxygen atoms in total. The van der Waals surface area contributed by atoms with E-state index < -0.39 is 0 Å². The van der Waals surface area contributed by atoms with Crippen molar-refractivity contribution < 1.29 is 0 Å². The fraction of sp³-hybridized carbons (Fsp3) is 0.630. The van der Waals surface area contributed by atoms with Crippen LogP contribution >= 0.6 is 29.1 Å². The van der Waals surface area contributed by atoms with Crippen LogP contribution in [-0.2, 0) is 0 Å². The Morgan fingerprint density at radius 3 is 2.21 bits per heavy atom. The molecule has 0 amide bonds. The van der Waals surface area contributed by atoms with E-state index in [-0.39, 0.29) is 19.8 Å². The molecule has 3 fully saturated rings. The summed E-state index contributed by atoms with van der Waals surface area (Å²) in [7, 11) is 2.84. The van der Waals surface area contributed by atoms with Crippen LogP contribution in [0.3, 0.4) is 0 Å². The molecule has 1 atom stereocenters. The first-order valence-corrected chi connectivity index (χ1v) is 17.2. The normalized spacial score (nSPS) is 31.6. The Bertz CT molecular complexity index is 839. The first-order valence-electron chi connectivity index (χ1n) is 12.0. The molecule has 0 aromatic heterocycles. The summed E-state index contributed by atoms with van der Waals surface area (Å²) in [5.74, 6) is 4.05. The molecule has 0 radical (unpaired) electrons. The SMILES string of the molecule is Cc1cc(C2CCC(C3CCC(CI4CCC4)CC3)CC2)cc2ccc(P)cc12. The molecule has 2 aromatic carbocycles. The van der Waals surface area contributed by atoms with Gasteiger partial charge in [0.25, 0.3) is 0 Å². The van der Waals surface area contributed by atoms with Gasteiger partial charge in [-0.15, -0.1) is 9.24 Å². The summed E-state index contributed by atoms with van der Waals surface area (Å²) >= 11 is -0.366. The van der Waals surface area contributed by atoms with Crippen LogP contribution in [0.5, 0.6) is 0 Å². The van der Waals surface area contributed by atoms with Crippen LogP contribution in [0.1, 0.15) is 74.8 Å². The molecular weight excluding hydrogens is 482 g/mol. The number of halogens is 1. The molecule has 2 aromatic rings. The smallest absolute Gasteiger partial charge is 0.106 e. The van der Waals surface area contributed by atoms with Crippen molar-refractivity contribution >= 4 is 45.1 Å². The third kappa shape index (κ3) is 4.72. The number of hydrogen-bond acceptors (Lipinski definition) is 0. The van der Waals surface area contributed by atoms with Crippen molar-refractivity contribution in [1.82, 2.24) is 0 Å². The van der Waals surface area contributed by atoms with Crippen LogP contribution in [0.25, 0.3) is 10.8 Å². The molecule has 2 heteroatoms. The second kappa shape index (κ2) is 9.15. The first kappa shape index (κ1) is 20.7. The monoisotopic (exact) mass is 520 g/mol. The average Bonchev–Trinajstić information content (AvgIpc) is 2.72. The molecule has 3 aliphatic rings. The van der Waals surface area contributed by atoms with E-state index in [1.54, 1.807) is 51.0 Å². The summed E-state index contributed by atoms with van der Waals surface area (Å²) in [5.41, 5.74) is 3.07. The zero-order valence-electron chi connectivity index (χ0n) is 18.1. The van der Waals surface area contributed by atoms with Gasteiger partial charge in [-0.25, -0.2) is 0 Å². The Morgan fingerprint density at radius 1 is 0.862 bits per heavy atom. The Hall–Kier alpha value is -0.140. The van der Waals surface area contributed by atoms with Gasteiger partial charge in [-0.3, -0.25) is 0 Å². The summed E-state index contributed by atoms with van der Waals surface area (Å²) in [5, 5.41) is 4.15. The third-order valence-electron chi connectivity index (χ3n) is 8.25. The van der Waals surface area contributed by atoms with E-state index in [4.69, 9.17) is 0 Å². The molecule has 1 aliphatic heterocycles. The third-order valence-corrected chi connectivity index (χ3v) is 15.7. The standard InChI is InChI=1S/C27H38IP/c1-19-15-25(16-24-11-12-26(29)17-27(19)24)23-9-7-22(8-10-23)21-5-3-20(4-6-21)18-28-13-2-14-28/h11-12,15-17,20-23H,2-10,13-14,18,29H2,1H3. The molecule has 1 heterocycles. The fourth-order valence-electron chi connectivity index (χ4n) is 6.35. The van der Waals surface area contributed by atoms with Crippen LogP contribution in [0.15, 0.2) is 30.3 Å². The van der Waals surface area contributed by atoms with E-state index in [2.05, 4.69) is 46.5 Å². The van der Waals surface area contributed by atoms with Crippen LogP contribution in [-0.4, -0.2) is 13.3 Å². The molecule has 2 saturated carbocycles. The van der Waals surface area contributed by atoms with Crippen LogP contribution in [0.4, 0.5) is 0 Å². The number of alkyl halides is 3. The number of hydrogen-bond donors (Lipinski definition) is 0. The van der Waals surface area contributed by atoms with Crippen molar-refractivity contribution in [2.24, 2.45) is 17.8 Å². The molecular formula is C27H38IP. The second-order valence-electron chi connectivity index (χ2n) is 10.2. The topological polar surface area (TPSA) is 0 Å². The van der Waals surface area contributed by atoms with E-state index in [0.29, 0.717) is 0 Å². The number of fused-ring (bicyclic) bond motifs is 1. The van der Waals surface area contributed by atoms with Crippen LogP contribution in [0, 0.1) is 24.7 Å².